The van der Waals surface area contributed by atoms with Crippen LogP contribution in [0.5, 0.6) is 0 Å². The van der Waals surface area contributed by atoms with Gasteiger partial charge in [0, 0.05) is 42.5 Å². The lowest BCUT2D eigenvalue weighted by molar-refractivity contribution is 0.883. The van der Waals surface area contributed by atoms with E-state index < -0.39 is 0 Å². The Bertz CT molecular complexity index is 1060. The fourth-order valence-electron chi connectivity index (χ4n) is 2.76. The summed E-state index contributed by atoms with van der Waals surface area (Å²) in [5.74, 6) is 0.710. The minimum atomic E-state index is 0.537. The van der Waals surface area contributed by atoms with Crippen molar-refractivity contribution in [2.45, 2.75) is 6.54 Å². The van der Waals surface area contributed by atoms with Gasteiger partial charge < -0.3 is 5.32 Å². The van der Waals surface area contributed by atoms with Gasteiger partial charge in [0.25, 0.3) is 0 Å². The fourth-order valence-corrected chi connectivity index (χ4v) is 2.76. The number of benzene rings is 1. The van der Waals surface area contributed by atoms with Gasteiger partial charge in [-0.05, 0) is 36.4 Å². The third-order valence-corrected chi connectivity index (χ3v) is 4.12. The van der Waals surface area contributed by atoms with Gasteiger partial charge in [0.2, 0.25) is 0 Å². The molecule has 1 aromatic carbocycles. The molecule has 0 atom stereocenters. The van der Waals surface area contributed by atoms with Crippen molar-refractivity contribution in [3.05, 3.63) is 90.5 Å². The average Bonchev–Trinajstić information content (AvgIpc) is 3.18. The van der Waals surface area contributed by atoms with Gasteiger partial charge in [-0.2, -0.15) is 10.4 Å². The molecule has 0 fully saturated rings. The van der Waals surface area contributed by atoms with Gasteiger partial charge in [0.05, 0.1) is 16.9 Å². The summed E-state index contributed by atoms with van der Waals surface area (Å²) in [6.45, 7) is 0.559. The molecule has 0 aliphatic heterocycles. The molecule has 3 aromatic heterocycles. The lowest BCUT2D eigenvalue weighted by Crippen LogP contribution is -2.01. The quantitative estimate of drug-likeness (QED) is 0.591. The molecule has 0 unspecified atom stereocenters. The van der Waals surface area contributed by atoms with E-state index >= 15 is 0 Å². The van der Waals surface area contributed by atoms with Crippen LogP contribution >= 0.6 is 0 Å². The third-order valence-electron chi connectivity index (χ3n) is 4.12. The number of rotatable bonds is 5. The zero-order valence-electron chi connectivity index (χ0n) is 14.4. The maximum absolute atomic E-state index is 8.88. The van der Waals surface area contributed by atoms with E-state index in [9.17, 15) is 0 Å². The first-order valence-corrected chi connectivity index (χ1v) is 8.48. The molecule has 6 nitrogen and oxygen atoms in total. The van der Waals surface area contributed by atoms with Gasteiger partial charge in [0.1, 0.15) is 11.9 Å². The lowest BCUT2D eigenvalue weighted by Gasteiger charge is -2.05. The van der Waals surface area contributed by atoms with Crippen LogP contribution in [0.4, 0.5) is 5.82 Å². The predicted octanol–water partition coefficient (Wildman–Crippen LogP) is 3.81. The summed E-state index contributed by atoms with van der Waals surface area (Å²) in [6.07, 6.45) is 7.09. The molecule has 1 N–H and O–H groups in total. The smallest absolute Gasteiger partial charge is 0.126 e. The molecule has 4 rings (SSSR count). The molecule has 0 spiro atoms. The lowest BCUT2D eigenvalue weighted by atomic mass is 10.1. The standard InChI is InChI=1S/C21H16N6/c22-12-16-6-7-20(24-13-16)25-14-18-15-27(19-4-2-1-3-5-19)26-21(18)17-8-10-23-11-9-17/h1-11,13,15H,14H2,(H,24,25). The first-order valence-electron chi connectivity index (χ1n) is 8.48. The first kappa shape index (κ1) is 16.5. The Morgan fingerprint density at radius 1 is 1.00 bits per heavy atom. The second-order valence-electron chi connectivity index (χ2n) is 5.92. The Labute approximate surface area is 156 Å². The van der Waals surface area contributed by atoms with Gasteiger partial charge >= 0.3 is 0 Å². The van der Waals surface area contributed by atoms with Crippen LogP contribution in [-0.4, -0.2) is 19.7 Å². The molecule has 0 bridgehead atoms. The topological polar surface area (TPSA) is 79.4 Å². The molecule has 3 heterocycles. The van der Waals surface area contributed by atoms with Crippen molar-refractivity contribution >= 4 is 5.82 Å². The Balaban J connectivity index is 1.65. The van der Waals surface area contributed by atoms with E-state index in [4.69, 9.17) is 10.4 Å². The van der Waals surface area contributed by atoms with E-state index in [0.29, 0.717) is 17.9 Å². The highest BCUT2D eigenvalue weighted by Crippen LogP contribution is 2.24. The van der Waals surface area contributed by atoms with Crippen LogP contribution in [0.1, 0.15) is 11.1 Å². The minimum absolute atomic E-state index is 0.537. The summed E-state index contributed by atoms with van der Waals surface area (Å²) in [7, 11) is 0. The van der Waals surface area contributed by atoms with Crippen LogP contribution in [0.15, 0.2) is 79.4 Å². The zero-order valence-corrected chi connectivity index (χ0v) is 14.4. The Kier molecular flexibility index (Phi) is 4.58. The Hall–Kier alpha value is -3.98. The number of nitriles is 1. The number of nitrogens with zero attached hydrogens (tertiary/aromatic N) is 5. The molecule has 0 aliphatic rings. The summed E-state index contributed by atoms with van der Waals surface area (Å²) in [5.41, 5.74) is 4.47. The minimum Gasteiger partial charge on any atom is -0.366 e. The second kappa shape index (κ2) is 7.50. The summed E-state index contributed by atoms with van der Waals surface area (Å²) < 4.78 is 1.87. The Morgan fingerprint density at radius 3 is 2.52 bits per heavy atom. The Morgan fingerprint density at radius 2 is 1.81 bits per heavy atom. The van der Waals surface area contributed by atoms with Crippen molar-refractivity contribution in [2.24, 2.45) is 0 Å². The van der Waals surface area contributed by atoms with Crippen molar-refractivity contribution < 1.29 is 0 Å². The molecule has 0 radical (unpaired) electrons. The number of nitrogens with one attached hydrogen (secondary N) is 1. The van der Waals surface area contributed by atoms with E-state index in [2.05, 4.69) is 21.4 Å². The highest BCUT2D eigenvalue weighted by molar-refractivity contribution is 5.63. The van der Waals surface area contributed by atoms with Crippen LogP contribution in [-0.2, 0) is 6.54 Å². The average molecular weight is 352 g/mol. The zero-order chi connectivity index (χ0) is 18.5. The van der Waals surface area contributed by atoms with Crippen molar-refractivity contribution in [1.82, 2.24) is 19.7 Å². The van der Waals surface area contributed by atoms with Gasteiger partial charge in [-0.1, -0.05) is 18.2 Å². The number of hydrogen-bond acceptors (Lipinski definition) is 5. The fraction of sp³-hybridized carbons (Fsp3) is 0.0476. The summed E-state index contributed by atoms with van der Waals surface area (Å²) >= 11 is 0. The molecule has 0 saturated heterocycles. The monoisotopic (exact) mass is 352 g/mol. The van der Waals surface area contributed by atoms with Gasteiger partial charge in [-0.15, -0.1) is 0 Å². The maximum atomic E-state index is 8.88. The van der Waals surface area contributed by atoms with E-state index in [1.807, 2.05) is 53.3 Å². The van der Waals surface area contributed by atoms with Crippen molar-refractivity contribution in [1.29, 1.82) is 5.26 Å². The third kappa shape index (κ3) is 3.67. The van der Waals surface area contributed by atoms with Crippen LogP contribution in [0.25, 0.3) is 16.9 Å². The molecular formula is C21H16N6. The molecule has 4 aromatic rings. The molecular weight excluding hydrogens is 336 g/mol. The van der Waals surface area contributed by atoms with Gasteiger partial charge in [-0.3, -0.25) is 4.98 Å². The molecule has 130 valence electrons. The van der Waals surface area contributed by atoms with E-state index in [-0.39, 0.29) is 0 Å². The summed E-state index contributed by atoms with van der Waals surface area (Å²) in [5, 5.41) is 17.0. The number of pyridine rings is 2. The largest absolute Gasteiger partial charge is 0.366 e. The molecule has 0 aliphatic carbocycles. The number of hydrogen-bond donors (Lipinski definition) is 1. The number of aromatic nitrogens is 4. The SMILES string of the molecule is N#Cc1ccc(NCc2cn(-c3ccccc3)nc2-c2ccncc2)nc1. The van der Waals surface area contributed by atoms with E-state index in [0.717, 1.165) is 22.5 Å². The predicted molar refractivity (Wildman–Crippen MR) is 103 cm³/mol. The maximum Gasteiger partial charge on any atom is 0.126 e. The van der Waals surface area contributed by atoms with Crippen LogP contribution in [0.3, 0.4) is 0 Å². The number of anilines is 1. The van der Waals surface area contributed by atoms with Gasteiger partial charge in [0.15, 0.2) is 0 Å². The van der Waals surface area contributed by atoms with Crippen LogP contribution in [0.2, 0.25) is 0 Å². The van der Waals surface area contributed by atoms with Crippen LogP contribution < -0.4 is 5.32 Å². The highest BCUT2D eigenvalue weighted by Gasteiger charge is 2.12. The van der Waals surface area contributed by atoms with Gasteiger partial charge in [-0.25, -0.2) is 9.67 Å². The van der Waals surface area contributed by atoms with Crippen LogP contribution in [0, 0.1) is 11.3 Å². The number of para-hydroxylation sites is 1. The summed E-state index contributed by atoms with van der Waals surface area (Å²) in [6, 6.07) is 19.5. The normalized spacial score (nSPS) is 10.3. The summed E-state index contributed by atoms with van der Waals surface area (Å²) in [4.78, 5) is 8.35. The van der Waals surface area contributed by atoms with Crippen molar-refractivity contribution in [3.63, 3.8) is 0 Å². The van der Waals surface area contributed by atoms with E-state index in [1.54, 1.807) is 30.7 Å². The van der Waals surface area contributed by atoms with Crippen molar-refractivity contribution in [3.8, 4) is 23.0 Å². The molecule has 0 amide bonds. The van der Waals surface area contributed by atoms with E-state index in [1.165, 1.54) is 0 Å². The highest BCUT2D eigenvalue weighted by atomic mass is 15.3. The molecule has 27 heavy (non-hydrogen) atoms. The molecule has 6 heteroatoms. The van der Waals surface area contributed by atoms with Crippen molar-refractivity contribution in [2.75, 3.05) is 5.32 Å². The molecule has 0 saturated carbocycles. The second-order valence-corrected chi connectivity index (χ2v) is 5.92. The first-order chi connectivity index (χ1) is 13.3.